The molecule has 6 nitrogen and oxygen atoms in total. The monoisotopic (exact) mass is 492 g/mol. The number of aromatic nitrogens is 2. The van der Waals surface area contributed by atoms with Gasteiger partial charge < -0.3 is 20.2 Å². The number of H-pyrrole nitrogens is 2. The van der Waals surface area contributed by atoms with E-state index >= 15 is 0 Å². The first-order valence-corrected chi connectivity index (χ1v) is 11.4. The molecule has 4 N–H and O–H groups in total. The van der Waals surface area contributed by atoms with Crippen LogP contribution in [0, 0.1) is 5.82 Å². The van der Waals surface area contributed by atoms with Gasteiger partial charge in [0.25, 0.3) is 0 Å². The van der Waals surface area contributed by atoms with E-state index in [1.54, 1.807) is 42.6 Å². The molecule has 0 aliphatic carbocycles. The maximum atomic E-state index is 13.2. The number of aromatic amines is 2. The van der Waals surface area contributed by atoms with Crippen LogP contribution in [-0.4, -0.2) is 32.1 Å². The smallest absolute Gasteiger partial charge is 0.335 e. The van der Waals surface area contributed by atoms with Gasteiger partial charge >= 0.3 is 11.9 Å². The molecule has 2 heterocycles. The van der Waals surface area contributed by atoms with Crippen molar-refractivity contribution < 1.29 is 24.2 Å². The van der Waals surface area contributed by atoms with E-state index in [2.05, 4.69) is 9.97 Å². The summed E-state index contributed by atoms with van der Waals surface area (Å²) in [6.45, 7) is 0. The minimum Gasteiger partial charge on any atom is -0.478 e. The summed E-state index contributed by atoms with van der Waals surface area (Å²) >= 11 is 0. The van der Waals surface area contributed by atoms with Gasteiger partial charge in [-0.1, -0.05) is 54.6 Å². The summed E-state index contributed by atoms with van der Waals surface area (Å²) in [6.07, 6.45) is 3.66. The van der Waals surface area contributed by atoms with Crippen molar-refractivity contribution in [3.8, 4) is 22.3 Å². The molecule has 0 aliphatic heterocycles. The lowest BCUT2D eigenvalue weighted by Crippen LogP contribution is -1.94. The van der Waals surface area contributed by atoms with Crippen molar-refractivity contribution in [2.75, 3.05) is 0 Å². The number of rotatable bonds is 4. The molecule has 6 rings (SSSR count). The third-order valence-corrected chi connectivity index (χ3v) is 6.08. The lowest BCUT2D eigenvalue weighted by Gasteiger charge is -2.00. The normalized spacial score (nSPS) is 10.7. The van der Waals surface area contributed by atoms with Gasteiger partial charge in [0.2, 0.25) is 0 Å². The molecule has 0 unspecified atom stereocenters. The molecule has 0 saturated heterocycles. The number of carboxylic acids is 2. The van der Waals surface area contributed by atoms with Crippen LogP contribution in [0.15, 0.2) is 103 Å². The highest BCUT2D eigenvalue weighted by molar-refractivity contribution is 6.00. The van der Waals surface area contributed by atoms with Crippen LogP contribution in [0.25, 0.3) is 44.1 Å². The molecule has 0 amide bonds. The summed E-state index contributed by atoms with van der Waals surface area (Å²) in [5.41, 5.74) is 5.90. The van der Waals surface area contributed by atoms with Crippen LogP contribution >= 0.6 is 0 Å². The average Bonchev–Trinajstić information content (AvgIpc) is 3.53. The lowest BCUT2D eigenvalue weighted by atomic mass is 10.0. The zero-order valence-electron chi connectivity index (χ0n) is 19.4. The molecule has 7 heteroatoms. The van der Waals surface area contributed by atoms with Gasteiger partial charge in [-0.25, -0.2) is 14.0 Å². The van der Waals surface area contributed by atoms with Crippen molar-refractivity contribution in [3.63, 3.8) is 0 Å². The summed E-state index contributed by atoms with van der Waals surface area (Å²) in [6, 6.07) is 26.3. The Morgan fingerprint density at radius 3 is 1.62 bits per heavy atom. The number of benzene rings is 4. The Morgan fingerprint density at radius 1 is 0.595 bits per heavy atom. The summed E-state index contributed by atoms with van der Waals surface area (Å²) < 4.78 is 13.2. The fourth-order valence-electron chi connectivity index (χ4n) is 4.27. The summed E-state index contributed by atoms with van der Waals surface area (Å²) in [5, 5.41) is 19.8. The lowest BCUT2D eigenvalue weighted by molar-refractivity contribution is 0.0686. The molecule has 0 saturated carbocycles. The van der Waals surface area contributed by atoms with Gasteiger partial charge in [0, 0.05) is 45.3 Å². The van der Waals surface area contributed by atoms with Crippen LogP contribution in [0.3, 0.4) is 0 Å². The molecule has 0 radical (unpaired) electrons. The fourth-order valence-corrected chi connectivity index (χ4v) is 4.27. The van der Waals surface area contributed by atoms with Gasteiger partial charge in [0.15, 0.2) is 0 Å². The molecule has 182 valence electrons. The second kappa shape index (κ2) is 9.83. The first-order valence-electron chi connectivity index (χ1n) is 11.4. The number of nitrogens with one attached hydrogen (secondary N) is 2. The highest BCUT2D eigenvalue weighted by atomic mass is 19.1. The molecule has 4 aromatic carbocycles. The summed E-state index contributed by atoms with van der Waals surface area (Å²) in [5.74, 6) is -2.18. The fraction of sp³-hybridized carbons (Fsp3) is 0. The Morgan fingerprint density at radius 2 is 1.11 bits per heavy atom. The molecule has 0 fully saturated rings. The van der Waals surface area contributed by atoms with Gasteiger partial charge in [-0.3, -0.25) is 0 Å². The van der Waals surface area contributed by atoms with Gasteiger partial charge in [-0.15, -0.1) is 0 Å². The standard InChI is InChI=1S/C15H10FNO2.C15H11NO2/c16-11-3-1-2-9(6-11)13-8-17-14-7-10(15(18)19)4-5-12(13)14;17-15(18)11-6-7-12-13(9-16-14(12)8-11)10-4-2-1-3-5-10/h1-8,17H,(H,18,19);1-9,16H,(H,17,18). The second-order valence-corrected chi connectivity index (χ2v) is 8.41. The summed E-state index contributed by atoms with van der Waals surface area (Å²) in [7, 11) is 0. The number of halogens is 1. The summed E-state index contributed by atoms with van der Waals surface area (Å²) in [4.78, 5) is 27.9. The molecule has 2 aromatic heterocycles. The van der Waals surface area contributed by atoms with E-state index in [1.807, 2.05) is 48.7 Å². The molecule has 0 atom stereocenters. The second-order valence-electron chi connectivity index (χ2n) is 8.41. The molecular weight excluding hydrogens is 471 g/mol. The van der Waals surface area contributed by atoms with Gasteiger partial charge in [0.1, 0.15) is 5.82 Å². The van der Waals surface area contributed by atoms with E-state index in [0.717, 1.165) is 44.1 Å². The van der Waals surface area contributed by atoms with Gasteiger partial charge in [-0.05, 0) is 47.5 Å². The van der Waals surface area contributed by atoms with E-state index < -0.39 is 11.9 Å². The molecular formula is C30H21FN2O4. The minimum absolute atomic E-state index is 0.222. The van der Waals surface area contributed by atoms with Gasteiger partial charge in [-0.2, -0.15) is 0 Å². The van der Waals surface area contributed by atoms with E-state index in [4.69, 9.17) is 10.2 Å². The number of hydrogen-bond acceptors (Lipinski definition) is 2. The minimum atomic E-state index is -0.969. The Balaban J connectivity index is 0.000000152. The third-order valence-electron chi connectivity index (χ3n) is 6.08. The van der Waals surface area contributed by atoms with Crippen LogP contribution in [0.2, 0.25) is 0 Å². The average molecular weight is 493 g/mol. The number of aromatic carboxylic acids is 2. The third kappa shape index (κ3) is 4.83. The maximum Gasteiger partial charge on any atom is 0.335 e. The van der Waals surface area contributed by atoms with Crippen molar-refractivity contribution >= 4 is 33.7 Å². The van der Waals surface area contributed by atoms with Crippen LogP contribution in [-0.2, 0) is 0 Å². The van der Waals surface area contributed by atoms with E-state index in [1.165, 1.54) is 12.1 Å². The van der Waals surface area contributed by atoms with Crippen LogP contribution in [0.1, 0.15) is 20.7 Å². The van der Waals surface area contributed by atoms with Crippen molar-refractivity contribution in [2.24, 2.45) is 0 Å². The molecule has 0 aliphatic rings. The first-order chi connectivity index (χ1) is 17.9. The SMILES string of the molecule is O=C(O)c1ccc2c(-c3cccc(F)c3)c[nH]c2c1.O=C(O)c1ccc2c(-c3ccccc3)c[nH]c2c1. The Bertz CT molecular complexity index is 1750. The van der Waals surface area contributed by atoms with Crippen molar-refractivity contribution in [1.29, 1.82) is 0 Å². The highest BCUT2D eigenvalue weighted by Crippen LogP contribution is 2.30. The van der Waals surface area contributed by atoms with Crippen molar-refractivity contribution in [2.45, 2.75) is 0 Å². The molecule has 0 spiro atoms. The number of carboxylic acid groups (broad SMARTS) is 2. The topological polar surface area (TPSA) is 106 Å². The molecule has 6 aromatic rings. The van der Waals surface area contributed by atoms with Crippen LogP contribution < -0.4 is 0 Å². The van der Waals surface area contributed by atoms with Crippen molar-refractivity contribution in [1.82, 2.24) is 9.97 Å². The number of carbonyl (C=O) groups is 2. The molecule has 37 heavy (non-hydrogen) atoms. The van der Waals surface area contributed by atoms with Crippen molar-refractivity contribution in [3.05, 3.63) is 120 Å². The zero-order valence-corrected chi connectivity index (χ0v) is 19.4. The largest absolute Gasteiger partial charge is 0.478 e. The van der Waals surface area contributed by atoms with E-state index in [0.29, 0.717) is 5.56 Å². The Kier molecular flexibility index (Phi) is 6.26. The van der Waals surface area contributed by atoms with E-state index in [-0.39, 0.29) is 11.4 Å². The highest BCUT2D eigenvalue weighted by Gasteiger charge is 2.10. The predicted molar refractivity (Wildman–Crippen MR) is 141 cm³/mol. The van der Waals surface area contributed by atoms with Crippen LogP contribution in [0.5, 0.6) is 0 Å². The maximum absolute atomic E-state index is 13.2. The quantitative estimate of drug-likeness (QED) is 0.209. The predicted octanol–water partition coefficient (Wildman–Crippen LogP) is 7.21. The number of fused-ring (bicyclic) bond motifs is 2. The van der Waals surface area contributed by atoms with E-state index in [9.17, 15) is 14.0 Å². The Labute approximate surface area is 210 Å². The zero-order chi connectivity index (χ0) is 25.9. The van der Waals surface area contributed by atoms with Gasteiger partial charge in [0.05, 0.1) is 11.1 Å². The molecule has 0 bridgehead atoms. The first kappa shape index (κ1) is 23.6. The Hall–Kier alpha value is -5.17. The number of hydrogen-bond donors (Lipinski definition) is 4. The van der Waals surface area contributed by atoms with Crippen LogP contribution in [0.4, 0.5) is 4.39 Å².